The molecule has 2 aliphatic heterocycles. The predicted molar refractivity (Wildman–Crippen MR) is 71.7 cm³/mol. The molecule has 2 rings (SSSR count). The molecule has 4 heteroatoms. The molecule has 2 fully saturated rings. The molecule has 0 bridgehead atoms. The first-order valence-electron chi connectivity index (χ1n) is 7.12. The van der Waals surface area contributed by atoms with Crippen LogP contribution in [0.1, 0.15) is 46.5 Å². The molecule has 0 aromatic carbocycles. The Morgan fingerprint density at radius 2 is 2.00 bits per heavy atom. The summed E-state index contributed by atoms with van der Waals surface area (Å²) in [6.07, 6.45) is 4.95. The zero-order valence-electron chi connectivity index (χ0n) is 11.9. The van der Waals surface area contributed by atoms with E-state index in [9.17, 15) is 4.79 Å². The van der Waals surface area contributed by atoms with Gasteiger partial charge in [0.15, 0.2) is 0 Å². The Labute approximate surface area is 110 Å². The van der Waals surface area contributed by atoms with Crippen molar-refractivity contribution in [3.8, 4) is 0 Å². The first-order valence-corrected chi connectivity index (χ1v) is 7.12. The van der Waals surface area contributed by atoms with E-state index >= 15 is 0 Å². The molecule has 0 amide bonds. The van der Waals surface area contributed by atoms with Crippen LogP contribution in [0, 0.1) is 0 Å². The lowest BCUT2D eigenvalue weighted by molar-refractivity contribution is -0.141. The number of aliphatic carboxylic acids is 1. The van der Waals surface area contributed by atoms with Gasteiger partial charge >= 0.3 is 5.97 Å². The SMILES string of the molecule is CC(C)(C)N(CC(=O)O)C1CCN2CCCCC12. The summed E-state index contributed by atoms with van der Waals surface area (Å²) in [6, 6.07) is 0.999. The van der Waals surface area contributed by atoms with Gasteiger partial charge in [0.2, 0.25) is 0 Å². The summed E-state index contributed by atoms with van der Waals surface area (Å²) >= 11 is 0. The molecule has 0 saturated carbocycles. The van der Waals surface area contributed by atoms with Crippen molar-refractivity contribution in [1.82, 2.24) is 9.80 Å². The van der Waals surface area contributed by atoms with Crippen LogP contribution < -0.4 is 0 Å². The lowest BCUT2D eigenvalue weighted by atomic mass is 9.94. The third-order valence-electron chi connectivity index (χ3n) is 4.39. The Bertz CT molecular complexity index is 311. The number of nitrogens with zero attached hydrogens (tertiary/aromatic N) is 2. The summed E-state index contributed by atoms with van der Waals surface area (Å²) in [4.78, 5) is 15.9. The highest BCUT2D eigenvalue weighted by Gasteiger charge is 2.42. The summed E-state index contributed by atoms with van der Waals surface area (Å²) in [7, 11) is 0. The molecule has 2 saturated heterocycles. The summed E-state index contributed by atoms with van der Waals surface area (Å²) in [6.45, 7) is 8.89. The van der Waals surface area contributed by atoms with Gasteiger partial charge in [0, 0.05) is 24.2 Å². The van der Waals surface area contributed by atoms with E-state index in [1.165, 1.54) is 25.8 Å². The number of hydrogen-bond acceptors (Lipinski definition) is 3. The van der Waals surface area contributed by atoms with Gasteiger partial charge in [0.25, 0.3) is 0 Å². The van der Waals surface area contributed by atoms with Crippen LogP contribution in [0.3, 0.4) is 0 Å². The maximum absolute atomic E-state index is 11.1. The molecule has 0 spiro atoms. The van der Waals surface area contributed by atoms with Crippen LogP contribution in [0.15, 0.2) is 0 Å². The van der Waals surface area contributed by atoms with Crippen molar-refractivity contribution in [3.05, 3.63) is 0 Å². The first kappa shape index (κ1) is 13.8. The molecular weight excluding hydrogens is 228 g/mol. The van der Waals surface area contributed by atoms with Crippen molar-refractivity contribution in [3.63, 3.8) is 0 Å². The third kappa shape index (κ3) is 2.86. The smallest absolute Gasteiger partial charge is 0.317 e. The van der Waals surface area contributed by atoms with E-state index in [0.29, 0.717) is 12.1 Å². The highest BCUT2D eigenvalue weighted by Crippen LogP contribution is 2.33. The van der Waals surface area contributed by atoms with Crippen molar-refractivity contribution in [1.29, 1.82) is 0 Å². The van der Waals surface area contributed by atoms with Crippen LogP contribution >= 0.6 is 0 Å². The molecule has 4 nitrogen and oxygen atoms in total. The standard InChI is InChI=1S/C14H26N2O2/c1-14(2,3)16(10-13(17)18)12-7-9-15-8-5-4-6-11(12)15/h11-12H,4-10H2,1-3H3,(H,17,18). The van der Waals surface area contributed by atoms with Crippen molar-refractivity contribution in [2.24, 2.45) is 0 Å². The fourth-order valence-electron chi connectivity index (χ4n) is 3.58. The van der Waals surface area contributed by atoms with E-state index < -0.39 is 5.97 Å². The van der Waals surface area contributed by atoms with E-state index in [2.05, 4.69) is 30.6 Å². The molecule has 104 valence electrons. The van der Waals surface area contributed by atoms with Crippen molar-refractivity contribution in [2.75, 3.05) is 19.6 Å². The summed E-state index contributed by atoms with van der Waals surface area (Å²) in [5.41, 5.74) is -0.0729. The highest BCUT2D eigenvalue weighted by atomic mass is 16.4. The molecule has 2 heterocycles. The Hall–Kier alpha value is -0.610. The van der Waals surface area contributed by atoms with Gasteiger partial charge in [-0.1, -0.05) is 6.42 Å². The van der Waals surface area contributed by atoms with Gasteiger partial charge in [-0.2, -0.15) is 0 Å². The largest absolute Gasteiger partial charge is 0.480 e. The Morgan fingerprint density at radius 1 is 1.28 bits per heavy atom. The van der Waals surface area contributed by atoms with Gasteiger partial charge in [-0.05, 0) is 46.6 Å². The second-order valence-corrected chi connectivity index (χ2v) is 6.65. The number of piperidine rings is 1. The number of carboxylic acid groups (broad SMARTS) is 1. The topological polar surface area (TPSA) is 43.8 Å². The number of carbonyl (C=O) groups is 1. The molecule has 1 N–H and O–H groups in total. The maximum atomic E-state index is 11.1. The monoisotopic (exact) mass is 254 g/mol. The van der Waals surface area contributed by atoms with Crippen molar-refractivity contribution < 1.29 is 9.90 Å². The van der Waals surface area contributed by atoms with Gasteiger partial charge < -0.3 is 5.11 Å². The highest BCUT2D eigenvalue weighted by molar-refractivity contribution is 5.69. The van der Waals surface area contributed by atoms with Gasteiger partial charge in [-0.15, -0.1) is 0 Å². The van der Waals surface area contributed by atoms with Crippen molar-refractivity contribution in [2.45, 2.75) is 64.1 Å². The van der Waals surface area contributed by atoms with Crippen LogP contribution in [0.5, 0.6) is 0 Å². The zero-order chi connectivity index (χ0) is 13.3. The van der Waals surface area contributed by atoms with Gasteiger partial charge in [0.05, 0.1) is 6.54 Å². The van der Waals surface area contributed by atoms with Crippen LogP contribution in [0.25, 0.3) is 0 Å². The molecule has 2 unspecified atom stereocenters. The maximum Gasteiger partial charge on any atom is 0.317 e. The lowest BCUT2D eigenvalue weighted by Crippen LogP contribution is -2.55. The fourth-order valence-corrected chi connectivity index (χ4v) is 3.58. The fraction of sp³-hybridized carbons (Fsp3) is 0.929. The average molecular weight is 254 g/mol. The van der Waals surface area contributed by atoms with E-state index in [1.807, 2.05) is 0 Å². The first-order chi connectivity index (χ1) is 8.39. The minimum Gasteiger partial charge on any atom is -0.480 e. The van der Waals surface area contributed by atoms with E-state index in [4.69, 9.17) is 5.11 Å². The summed E-state index contributed by atoms with van der Waals surface area (Å²) in [5, 5.41) is 9.15. The molecule has 2 atom stereocenters. The summed E-state index contributed by atoms with van der Waals surface area (Å²) < 4.78 is 0. The van der Waals surface area contributed by atoms with Crippen LogP contribution in [-0.4, -0.2) is 58.1 Å². The molecule has 0 aromatic heterocycles. The summed E-state index contributed by atoms with van der Waals surface area (Å²) in [5.74, 6) is -0.709. The molecule has 2 aliphatic rings. The molecule has 18 heavy (non-hydrogen) atoms. The Kier molecular flexibility index (Phi) is 3.97. The zero-order valence-corrected chi connectivity index (χ0v) is 11.9. The third-order valence-corrected chi connectivity index (χ3v) is 4.39. The van der Waals surface area contributed by atoms with Gasteiger partial charge in [0.1, 0.15) is 0 Å². The number of fused-ring (bicyclic) bond motifs is 1. The Balaban J connectivity index is 2.13. The minimum absolute atomic E-state index is 0.0729. The normalized spacial score (nSPS) is 29.6. The second-order valence-electron chi connectivity index (χ2n) is 6.65. The Morgan fingerprint density at radius 3 is 2.61 bits per heavy atom. The number of carboxylic acids is 1. The molecule has 0 aromatic rings. The van der Waals surface area contributed by atoms with Crippen LogP contribution in [-0.2, 0) is 4.79 Å². The van der Waals surface area contributed by atoms with Crippen LogP contribution in [0.2, 0.25) is 0 Å². The van der Waals surface area contributed by atoms with Gasteiger partial charge in [-0.3, -0.25) is 14.6 Å². The van der Waals surface area contributed by atoms with E-state index in [-0.39, 0.29) is 12.1 Å². The average Bonchev–Trinajstić information content (AvgIpc) is 2.67. The van der Waals surface area contributed by atoms with E-state index in [0.717, 1.165) is 13.0 Å². The quantitative estimate of drug-likeness (QED) is 0.834. The minimum atomic E-state index is -0.709. The molecule has 0 aliphatic carbocycles. The second kappa shape index (κ2) is 5.17. The number of hydrogen-bond donors (Lipinski definition) is 1. The van der Waals surface area contributed by atoms with E-state index in [1.54, 1.807) is 0 Å². The van der Waals surface area contributed by atoms with Crippen LogP contribution in [0.4, 0.5) is 0 Å². The van der Waals surface area contributed by atoms with Gasteiger partial charge in [-0.25, -0.2) is 0 Å². The molecule has 0 radical (unpaired) electrons. The molecular formula is C14H26N2O2. The lowest BCUT2D eigenvalue weighted by Gasteiger charge is -2.43. The number of rotatable bonds is 3. The van der Waals surface area contributed by atoms with Crippen molar-refractivity contribution >= 4 is 5.97 Å². The predicted octanol–water partition coefficient (Wildman–Crippen LogP) is 1.80.